The second-order valence-corrected chi connectivity index (χ2v) is 7.67. The van der Waals surface area contributed by atoms with Crippen LogP contribution in [0.5, 0.6) is 0 Å². The summed E-state index contributed by atoms with van der Waals surface area (Å²) in [7, 11) is 0. The third kappa shape index (κ3) is 4.04. The Hall–Kier alpha value is -3.25. The van der Waals surface area contributed by atoms with Crippen LogP contribution in [-0.2, 0) is 6.54 Å². The second kappa shape index (κ2) is 8.24. The summed E-state index contributed by atoms with van der Waals surface area (Å²) in [6.07, 6.45) is 3.98. The molecule has 0 aliphatic carbocycles. The van der Waals surface area contributed by atoms with Crippen molar-refractivity contribution >= 4 is 17.5 Å². The summed E-state index contributed by atoms with van der Waals surface area (Å²) in [6, 6.07) is 15.3. The van der Waals surface area contributed by atoms with Gasteiger partial charge in [0.1, 0.15) is 5.76 Å². The molecule has 0 fully saturated rings. The van der Waals surface area contributed by atoms with E-state index in [1.165, 1.54) is 0 Å². The van der Waals surface area contributed by atoms with Crippen LogP contribution >= 0.6 is 11.6 Å². The lowest BCUT2D eigenvalue weighted by atomic mass is 10.1. The molecule has 1 amide bonds. The fraction of sp³-hybridized carbons (Fsp3) is 0.217. The van der Waals surface area contributed by atoms with Crippen molar-refractivity contribution < 1.29 is 9.21 Å². The predicted molar refractivity (Wildman–Crippen MR) is 116 cm³/mol. The zero-order chi connectivity index (χ0) is 21.3. The van der Waals surface area contributed by atoms with E-state index in [9.17, 15) is 4.79 Å². The van der Waals surface area contributed by atoms with Gasteiger partial charge in [-0.05, 0) is 62.7 Å². The van der Waals surface area contributed by atoms with Crippen molar-refractivity contribution in [1.82, 2.24) is 19.7 Å². The van der Waals surface area contributed by atoms with Crippen molar-refractivity contribution in [3.05, 3.63) is 94.4 Å². The largest absolute Gasteiger partial charge is 0.454 e. The molecule has 1 atom stereocenters. The Morgan fingerprint density at radius 2 is 1.93 bits per heavy atom. The molecule has 3 heterocycles. The predicted octanol–water partition coefficient (Wildman–Crippen LogP) is 5.08. The fourth-order valence-electron chi connectivity index (χ4n) is 3.37. The number of carbonyl (C=O) groups excluding carboxylic acids is 1. The van der Waals surface area contributed by atoms with Crippen LogP contribution in [0.2, 0.25) is 5.02 Å². The molecule has 0 saturated heterocycles. The van der Waals surface area contributed by atoms with Crippen LogP contribution in [0.15, 0.2) is 65.3 Å². The third-order valence-corrected chi connectivity index (χ3v) is 5.65. The Morgan fingerprint density at radius 3 is 2.63 bits per heavy atom. The summed E-state index contributed by atoms with van der Waals surface area (Å²) in [4.78, 5) is 12.7. The molecule has 0 saturated carbocycles. The van der Waals surface area contributed by atoms with E-state index in [1.54, 1.807) is 16.8 Å². The lowest BCUT2D eigenvalue weighted by Gasteiger charge is -2.15. The summed E-state index contributed by atoms with van der Waals surface area (Å²) in [5, 5.41) is 8.05. The highest BCUT2D eigenvalue weighted by Crippen LogP contribution is 2.21. The van der Waals surface area contributed by atoms with E-state index in [4.69, 9.17) is 16.0 Å². The molecule has 30 heavy (non-hydrogen) atoms. The molecular formula is C23H23ClN4O2. The Morgan fingerprint density at radius 1 is 1.17 bits per heavy atom. The number of hydrogen-bond acceptors (Lipinski definition) is 3. The van der Waals surface area contributed by atoms with Gasteiger partial charge in [-0.1, -0.05) is 23.7 Å². The summed E-state index contributed by atoms with van der Waals surface area (Å²) < 4.78 is 9.55. The van der Waals surface area contributed by atoms with Crippen molar-refractivity contribution in [3.8, 4) is 5.69 Å². The highest BCUT2D eigenvalue weighted by atomic mass is 35.5. The van der Waals surface area contributed by atoms with Gasteiger partial charge in [-0.3, -0.25) is 9.48 Å². The molecule has 3 aromatic heterocycles. The number of nitrogens with zero attached hydrogens (tertiary/aromatic N) is 3. The number of nitrogens with one attached hydrogen (secondary N) is 1. The minimum Gasteiger partial charge on any atom is -0.454 e. The van der Waals surface area contributed by atoms with Gasteiger partial charge >= 0.3 is 0 Å². The molecule has 1 aromatic carbocycles. The maximum absolute atomic E-state index is 12.7. The van der Waals surface area contributed by atoms with Gasteiger partial charge in [0.15, 0.2) is 5.76 Å². The van der Waals surface area contributed by atoms with Gasteiger partial charge in [-0.15, -0.1) is 0 Å². The van der Waals surface area contributed by atoms with Crippen molar-refractivity contribution in [2.45, 2.75) is 33.4 Å². The number of rotatable bonds is 6. The summed E-state index contributed by atoms with van der Waals surface area (Å²) >= 11 is 6.20. The highest BCUT2D eigenvalue weighted by Gasteiger charge is 2.17. The first-order valence-electron chi connectivity index (χ1n) is 9.75. The molecule has 1 N–H and O–H groups in total. The molecule has 0 aliphatic rings. The van der Waals surface area contributed by atoms with Crippen LogP contribution in [0.25, 0.3) is 5.69 Å². The molecule has 154 valence electrons. The molecular weight excluding hydrogens is 400 g/mol. The van der Waals surface area contributed by atoms with E-state index >= 15 is 0 Å². The van der Waals surface area contributed by atoms with Crippen molar-refractivity contribution in [2.24, 2.45) is 0 Å². The van der Waals surface area contributed by atoms with Crippen molar-refractivity contribution in [1.29, 1.82) is 0 Å². The number of hydrogen-bond donors (Lipinski definition) is 1. The number of aromatic nitrogens is 3. The average Bonchev–Trinajstić information content (AvgIpc) is 3.48. The van der Waals surface area contributed by atoms with E-state index in [2.05, 4.69) is 16.5 Å². The molecule has 4 aromatic rings. The third-order valence-electron chi connectivity index (χ3n) is 5.10. The molecule has 4 rings (SSSR count). The van der Waals surface area contributed by atoms with E-state index in [1.807, 2.05) is 68.1 Å². The lowest BCUT2D eigenvalue weighted by molar-refractivity contribution is 0.0909. The number of aryl methyl sites for hydroxylation is 1. The first-order valence-corrected chi connectivity index (χ1v) is 10.1. The number of carbonyl (C=O) groups is 1. The topological polar surface area (TPSA) is 65.0 Å². The van der Waals surface area contributed by atoms with Crippen LogP contribution in [0.1, 0.15) is 46.2 Å². The molecule has 1 unspecified atom stereocenters. The Labute approximate surface area is 180 Å². The zero-order valence-electron chi connectivity index (χ0n) is 17.1. The Kier molecular flexibility index (Phi) is 5.50. The Balaban J connectivity index is 1.44. The van der Waals surface area contributed by atoms with Gasteiger partial charge in [0.05, 0.1) is 29.0 Å². The van der Waals surface area contributed by atoms with Gasteiger partial charge in [-0.25, -0.2) is 0 Å². The second-order valence-electron chi connectivity index (χ2n) is 7.29. The minimum absolute atomic E-state index is 0.170. The minimum atomic E-state index is -0.258. The van der Waals surface area contributed by atoms with E-state index in [-0.39, 0.29) is 17.7 Å². The summed E-state index contributed by atoms with van der Waals surface area (Å²) in [6.45, 7) is 6.14. The normalized spacial score (nSPS) is 12.1. The van der Waals surface area contributed by atoms with Gasteiger partial charge in [0.25, 0.3) is 5.91 Å². The van der Waals surface area contributed by atoms with Crippen LogP contribution in [0.4, 0.5) is 0 Å². The number of benzene rings is 1. The lowest BCUT2D eigenvalue weighted by Crippen LogP contribution is -2.26. The van der Waals surface area contributed by atoms with E-state index < -0.39 is 0 Å². The number of amides is 1. The van der Waals surface area contributed by atoms with Crippen molar-refractivity contribution in [3.63, 3.8) is 0 Å². The molecule has 6 nitrogen and oxygen atoms in total. The van der Waals surface area contributed by atoms with Gasteiger partial charge in [0, 0.05) is 18.1 Å². The number of furan rings is 1. The van der Waals surface area contributed by atoms with Crippen LogP contribution < -0.4 is 5.32 Å². The van der Waals surface area contributed by atoms with E-state index in [0.29, 0.717) is 17.3 Å². The zero-order valence-corrected chi connectivity index (χ0v) is 17.8. The Bertz CT molecular complexity index is 1170. The maximum Gasteiger partial charge on any atom is 0.287 e. The van der Waals surface area contributed by atoms with Gasteiger partial charge in [0.2, 0.25) is 0 Å². The van der Waals surface area contributed by atoms with E-state index in [0.717, 1.165) is 22.6 Å². The average molecular weight is 423 g/mol. The molecule has 0 bridgehead atoms. The standard InChI is InChI=1S/C23H23ClN4O2/c1-15(18-7-6-8-19(13-18)27-11-4-5-12-27)25-23(29)21-10-9-20(30-21)14-28-17(3)22(24)16(2)26-28/h4-13,15H,14H2,1-3H3,(H,25,29). The first kappa shape index (κ1) is 20.0. The fourth-order valence-corrected chi connectivity index (χ4v) is 3.51. The summed E-state index contributed by atoms with van der Waals surface area (Å²) in [5.74, 6) is 0.655. The SMILES string of the molecule is Cc1nn(Cc2ccc(C(=O)NC(C)c3cccc(-n4cccc4)c3)o2)c(C)c1Cl. The maximum atomic E-state index is 12.7. The first-order chi connectivity index (χ1) is 14.4. The molecule has 0 aliphatic heterocycles. The monoisotopic (exact) mass is 422 g/mol. The summed E-state index contributed by atoms with van der Waals surface area (Å²) in [5.41, 5.74) is 3.70. The van der Waals surface area contributed by atoms with Gasteiger partial charge in [-0.2, -0.15) is 5.10 Å². The van der Waals surface area contributed by atoms with Crippen LogP contribution in [0, 0.1) is 13.8 Å². The van der Waals surface area contributed by atoms with Crippen molar-refractivity contribution in [2.75, 3.05) is 0 Å². The molecule has 0 spiro atoms. The van der Waals surface area contributed by atoms with Gasteiger partial charge < -0.3 is 14.3 Å². The smallest absolute Gasteiger partial charge is 0.287 e. The highest BCUT2D eigenvalue weighted by molar-refractivity contribution is 6.31. The molecule has 0 radical (unpaired) electrons. The van der Waals surface area contributed by atoms with Crippen LogP contribution in [-0.4, -0.2) is 20.3 Å². The van der Waals surface area contributed by atoms with Crippen LogP contribution in [0.3, 0.4) is 0 Å². The quantitative estimate of drug-likeness (QED) is 0.471. The number of halogens is 1. The molecule has 7 heteroatoms.